The second-order valence-electron chi connectivity index (χ2n) is 7.50. The van der Waals surface area contributed by atoms with Crippen LogP contribution in [0.15, 0.2) is 72.8 Å². The lowest BCUT2D eigenvalue weighted by Gasteiger charge is -2.24. The Balaban J connectivity index is 1.67. The molecule has 2 N–H and O–H groups in total. The molecule has 0 bridgehead atoms. The second kappa shape index (κ2) is 6.71. The highest BCUT2D eigenvalue weighted by Gasteiger charge is 2.19. The van der Waals surface area contributed by atoms with Crippen LogP contribution in [0.1, 0.15) is 23.1 Å². The summed E-state index contributed by atoms with van der Waals surface area (Å²) in [4.78, 5) is 0. The number of fused-ring (bicyclic) bond motifs is 5. The van der Waals surface area contributed by atoms with Gasteiger partial charge in [0.2, 0.25) is 0 Å². The molecule has 0 aromatic heterocycles. The van der Waals surface area contributed by atoms with Gasteiger partial charge in [-0.15, -0.1) is 0 Å². The van der Waals surface area contributed by atoms with Crippen LogP contribution in [0.3, 0.4) is 0 Å². The largest absolute Gasteiger partial charge is 0.488 e. The van der Waals surface area contributed by atoms with Gasteiger partial charge in [-0.3, -0.25) is 0 Å². The Kier molecular flexibility index (Phi) is 4.06. The second-order valence-corrected chi connectivity index (χ2v) is 7.50. The van der Waals surface area contributed by atoms with Gasteiger partial charge < -0.3 is 10.5 Å². The van der Waals surface area contributed by atoms with Gasteiger partial charge in [-0.1, -0.05) is 66.7 Å². The monoisotopic (exact) mass is 353 g/mol. The molecule has 0 fully saturated rings. The number of rotatable bonds is 3. The number of ether oxygens (including phenoxy) is 1. The number of hydrogen-bond donors (Lipinski definition) is 1. The zero-order chi connectivity index (χ0) is 18.2. The maximum atomic E-state index is 6.30. The molecule has 5 rings (SSSR count). The number of benzene rings is 4. The zero-order valence-corrected chi connectivity index (χ0v) is 15.3. The van der Waals surface area contributed by atoms with Crippen LogP contribution in [-0.4, -0.2) is 6.04 Å². The molecule has 0 saturated heterocycles. The maximum Gasteiger partial charge on any atom is 0.128 e. The van der Waals surface area contributed by atoms with Crippen LogP contribution in [0.25, 0.3) is 21.5 Å². The first kappa shape index (κ1) is 16.3. The van der Waals surface area contributed by atoms with Crippen molar-refractivity contribution in [2.75, 3.05) is 0 Å². The van der Waals surface area contributed by atoms with E-state index in [0.29, 0.717) is 6.61 Å². The van der Waals surface area contributed by atoms with Crippen molar-refractivity contribution >= 4 is 21.5 Å². The summed E-state index contributed by atoms with van der Waals surface area (Å²) in [6.45, 7) is 0.574. The molecular formula is C25H23NO. The van der Waals surface area contributed by atoms with Crippen LogP contribution in [-0.2, 0) is 19.4 Å². The van der Waals surface area contributed by atoms with Gasteiger partial charge in [0.25, 0.3) is 0 Å². The third-order valence-corrected chi connectivity index (χ3v) is 5.70. The molecule has 4 aromatic carbocycles. The SMILES string of the molecule is NC1CCc2ccc3c(cc(OCc4ccccc4)c4ccccc43)c2C1. The molecule has 2 heteroatoms. The molecule has 4 aromatic rings. The van der Waals surface area contributed by atoms with Gasteiger partial charge in [-0.25, -0.2) is 0 Å². The van der Waals surface area contributed by atoms with Crippen LogP contribution in [0.2, 0.25) is 0 Å². The molecule has 0 radical (unpaired) electrons. The van der Waals surface area contributed by atoms with Gasteiger partial charge in [0.1, 0.15) is 12.4 Å². The quantitative estimate of drug-likeness (QED) is 0.501. The van der Waals surface area contributed by atoms with Crippen LogP contribution in [0, 0.1) is 0 Å². The maximum absolute atomic E-state index is 6.30. The highest BCUT2D eigenvalue weighted by molar-refractivity contribution is 6.11. The molecule has 0 aliphatic heterocycles. The topological polar surface area (TPSA) is 35.2 Å². The standard InChI is InChI=1S/C25H23NO/c26-19-12-10-18-11-13-21-20-8-4-5-9-22(20)25(15-24(21)23(18)14-19)27-16-17-6-2-1-3-7-17/h1-9,11,13,15,19H,10,12,14,16,26H2. The molecule has 1 unspecified atom stereocenters. The predicted octanol–water partition coefficient (Wildman–Crippen LogP) is 5.39. The Labute approximate surface area is 159 Å². The summed E-state index contributed by atoms with van der Waals surface area (Å²) in [7, 11) is 0. The van der Waals surface area contributed by atoms with E-state index < -0.39 is 0 Å². The molecule has 0 spiro atoms. The Morgan fingerprint density at radius 2 is 1.56 bits per heavy atom. The first-order valence-corrected chi connectivity index (χ1v) is 9.68. The fourth-order valence-electron chi connectivity index (χ4n) is 4.29. The highest BCUT2D eigenvalue weighted by Crippen LogP contribution is 2.38. The molecule has 1 aliphatic rings. The lowest BCUT2D eigenvalue weighted by molar-refractivity contribution is 0.310. The van der Waals surface area contributed by atoms with Crippen molar-refractivity contribution in [2.24, 2.45) is 5.73 Å². The van der Waals surface area contributed by atoms with Crippen molar-refractivity contribution in [1.29, 1.82) is 0 Å². The third kappa shape index (κ3) is 2.96. The smallest absolute Gasteiger partial charge is 0.128 e. The van der Waals surface area contributed by atoms with E-state index in [2.05, 4.69) is 66.7 Å². The normalized spacial score (nSPS) is 16.4. The molecule has 0 heterocycles. The summed E-state index contributed by atoms with van der Waals surface area (Å²) in [5.41, 5.74) is 10.3. The van der Waals surface area contributed by atoms with Gasteiger partial charge >= 0.3 is 0 Å². The van der Waals surface area contributed by atoms with Crippen LogP contribution in [0.5, 0.6) is 5.75 Å². The van der Waals surface area contributed by atoms with E-state index in [-0.39, 0.29) is 6.04 Å². The molecule has 1 atom stereocenters. The van der Waals surface area contributed by atoms with Crippen molar-refractivity contribution in [3.05, 3.63) is 89.5 Å². The molecule has 27 heavy (non-hydrogen) atoms. The Bertz CT molecular complexity index is 1120. The molecule has 0 amide bonds. The first-order chi connectivity index (χ1) is 13.3. The summed E-state index contributed by atoms with van der Waals surface area (Å²) in [6.07, 6.45) is 3.09. The van der Waals surface area contributed by atoms with Gasteiger partial charge in [-0.05, 0) is 58.2 Å². The minimum atomic E-state index is 0.253. The summed E-state index contributed by atoms with van der Waals surface area (Å²) in [5, 5.41) is 5.01. The van der Waals surface area contributed by atoms with Crippen molar-refractivity contribution in [2.45, 2.75) is 31.9 Å². The summed E-state index contributed by atoms with van der Waals surface area (Å²) >= 11 is 0. The fraction of sp³-hybridized carbons (Fsp3) is 0.200. The molecule has 134 valence electrons. The van der Waals surface area contributed by atoms with Gasteiger partial charge in [0, 0.05) is 11.4 Å². The molecule has 0 saturated carbocycles. The molecular weight excluding hydrogens is 330 g/mol. The average Bonchev–Trinajstić information content (AvgIpc) is 2.72. The van der Waals surface area contributed by atoms with E-state index in [9.17, 15) is 0 Å². The van der Waals surface area contributed by atoms with Crippen molar-refractivity contribution in [3.8, 4) is 5.75 Å². The van der Waals surface area contributed by atoms with Crippen molar-refractivity contribution in [3.63, 3.8) is 0 Å². The zero-order valence-electron chi connectivity index (χ0n) is 15.3. The Morgan fingerprint density at radius 1 is 0.815 bits per heavy atom. The number of aryl methyl sites for hydroxylation is 1. The van der Waals surface area contributed by atoms with E-state index >= 15 is 0 Å². The molecule has 2 nitrogen and oxygen atoms in total. The van der Waals surface area contributed by atoms with Gasteiger partial charge in [0.05, 0.1) is 0 Å². The van der Waals surface area contributed by atoms with E-state index in [0.717, 1.165) is 25.0 Å². The van der Waals surface area contributed by atoms with Crippen molar-refractivity contribution < 1.29 is 4.74 Å². The first-order valence-electron chi connectivity index (χ1n) is 9.68. The lowest BCUT2D eigenvalue weighted by atomic mass is 9.84. The summed E-state index contributed by atoms with van der Waals surface area (Å²) in [5.74, 6) is 0.953. The summed E-state index contributed by atoms with van der Waals surface area (Å²) in [6, 6.07) is 25.9. The Morgan fingerprint density at radius 3 is 2.41 bits per heavy atom. The third-order valence-electron chi connectivity index (χ3n) is 5.70. The summed E-state index contributed by atoms with van der Waals surface area (Å²) < 4.78 is 6.30. The minimum absolute atomic E-state index is 0.253. The van der Waals surface area contributed by atoms with Crippen LogP contribution < -0.4 is 10.5 Å². The van der Waals surface area contributed by atoms with Crippen molar-refractivity contribution in [1.82, 2.24) is 0 Å². The molecule has 1 aliphatic carbocycles. The minimum Gasteiger partial charge on any atom is -0.488 e. The fourth-order valence-corrected chi connectivity index (χ4v) is 4.29. The van der Waals surface area contributed by atoms with E-state index in [1.165, 1.54) is 38.2 Å². The van der Waals surface area contributed by atoms with Crippen LogP contribution >= 0.6 is 0 Å². The number of hydrogen-bond acceptors (Lipinski definition) is 2. The van der Waals surface area contributed by atoms with E-state index in [1.807, 2.05) is 6.07 Å². The van der Waals surface area contributed by atoms with E-state index in [1.54, 1.807) is 0 Å². The average molecular weight is 353 g/mol. The predicted molar refractivity (Wildman–Crippen MR) is 112 cm³/mol. The highest BCUT2D eigenvalue weighted by atomic mass is 16.5. The Hall–Kier alpha value is -2.84. The number of nitrogens with two attached hydrogens (primary N) is 1. The van der Waals surface area contributed by atoms with Gasteiger partial charge in [0.15, 0.2) is 0 Å². The van der Waals surface area contributed by atoms with Gasteiger partial charge in [-0.2, -0.15) is 0 Å². The van der Waals surface area contributed by atoms with Crippen LogP contribution in [0.4, 0.5) is 0 Å². The lowest BCUT2D eigenvalue weighted by Crippen LogP contribution is -2.27. The van der Waals surface area contributed by atoms with E-state index in [4.69, 9.17) is 10.5 Å².